The van der Waals surface area contributed by atoms with Crippen molar-refractivity contribution in [1.82, 2.24) is 10.2 Å². The Labute approximate surface area is 71.5 Å². The maximum absolute atomic E-state index is 10.5. The fraction of sp³-hybridized carbons (Fsp3) is 0.875. The first-order valence-corrected chi connectivity index (χ1v) is 4.35. The van der Waals surface area contributed by atoms with Crippen LogP contribution in [0.15, 0.2) is 0 Å². The van der Waals surface area contributed by atoms with Crippen LogP contribution in [0.5, 0.6) is 0 Å². The zero-order valence-electron chi connectivity index (χ0n) is 7.16. The predicted molar refractivity (Wildman–Crippen MR) is 44.0 cm³/mol. The van der Waals surface area contributed by atoms with Gasteiger partial charge in [0.05, 0.1) is 0 Å². The third kappa shape index (κ3) is 1.16. The molecule has 2 rings (SSSR count). The molecule has 1 saturated carbocycles. The van der Waals surface area contributed by atoms with Gasteiger partial charge in [0, 0.05) is 13.6 Å². The van der Waals surface area contributed by atoms with Gasteiger partial charge < -0.3 is 15.3 Å². The summed E-state index contributed by atoms with van der Waals surface area (Å²) in [7, 11) is 1.64. The van der Waals surface area contributed by atoms with Gasteiger partial charge in [0.15, 0.2) is 0 Å². The number of hydrogen-bond acceptors (Lipinski definition) is 2. The maximum Gasteiger partial charge on any atom is 0.407 e. The molecule has 1 aliphatic heterocycles. The van der Waals surface area contributed by atoms with Crippen molar-refractivity contribution in [2.75, 3.05) is 26.7 Å². The molecule has 4 heteroatoms. The van der Waals surface area contributed by atoms with E-state index in [9.17, 15) is 4.79 Å². The first kappa shape index (κ1) is 7.86. The van der Waals surface area contributed by atoms with Crippen LogP contribution in [0.2, 0.25) is 0 Å². The van der Waals surface area contributed by atoms with Crippen LogP contribution in [0.25, 0.3) is 0 Å². The second kappa shape index (κ2) is 2.62. The number of rotatable bonds is 2. The van der Waals surface area contributed by atoms with Gasteiger partial charge in [0.2, 0.25) is 0 Å². The minimum absolute atomic E-state index is 0.632. The van der Waals surface area contributed by atoms with Gasteiger partial charge in [-0.2, -0.15) is 0 Å². The molecule has 4 nitrogen and oxygen atoms in total. The normalized spacial score (nSPS) is 37.6. The van der Waals surface area contributed by atoms with Gasteiger partial charge >= 0.3 is 6.09 Å². The van der Waals surface area contributed by atoms with E-state index >= 15 is 0 Å². The molecular formula is C8H14N2O2. The predicted octanol–water partition coefficient (Wildman–Crippen LogP) is 0.0616. The van der Waals surface area contributed by atoms with Crippen LogP contribution in [0, 0.1) is 17.8 Å². The van der Waals surface area contributed by atoms with Crippen molar-refractivity contribution >= 4 is 6.09 Å². The summed E-state index contributed by atoms with van der Waals surface area (Å²) in [6, 6.07) is 0. The SMILES string of the molecule is CN(CC1C2CNCC21)C(=O)O. The Morgan fingerprint density at radius 2 is 2.17 bits per heavy atom. The fourth-order valence-corrected chi connectivity index (χ4v) is 2.21. The van der Waals surface area contributed by atoms with Crippen molar-refractivity contribution in [2.24, 2.45) is 17.8 Å². The summed E-state index contributed by atoms with van der Waals surface area (Å²) in [5.41, 5.74) is 0. The molecule has 1 aliphatic carbocycles. The summed E-state index contributed by atoms with van der Waals surface area (Å²) in [5.74, 6) is 2.14. The van der Waals surface area contributed by atoms with Gasteiger partial charge in [0.25, 0.3) is 0 Å². The van der Waals surface area contributed by atoms with Crippen molar-refractivity contribution in [2.45, 2.75) is 0 Å². The number of fused-ring (bicyclic) bond motifs is 1. The standard InChI is InChI=1S/C8H14N2O2/c1-10(8(11)12)4-7-5-2-9-3-6(5)7/h5-7,9H,2-4H2,1H3,(H,11,12). The molecule has 2 N–H and O–H groups in total. The monoisotopic (exact) mass is 170 g/mol. The summed E-state index contributed by atoms with van der Waals surface area (Å²) in [6.45, 7) is 2.89. The molecular weight excluding hydrogens is 156 g/mol. The minimum atomic E-state index is -0.812. The fourth-order valence-electron chi connectivity index (χ4n) is 2.21. The van der Waals surface area contributed by atoms with E-state index in [1.807, 2.05) is 0 Å². The Morgan fingerprint density at radius 3 is 2.67 bits per heavy atom. The lowest BCUT2D eigenvalue weighted by atomic mass is 10.3. The minimum Gasteiger partial charge on any atom is -0.465 e. The van der Waals surface area contributed by atoms with Crippen molar-refractivity contribution in [3.8, 4) is 0 Å². The lowest BCUT2D eigenvalue weighted by Crippen LogP contribution is -2.29. The highest BCUT2D eigenvalue weighted by molar-refractivity contribution is 5.64. The van der Waals surface area contributed by atoms with E-state index in [1.54, 1.807) is 7.05 Å². The van der Waals surface area contributed by atoms with E-state index in [-0.39, 0.29) is 0 Å². The maximum atomic E-state index is 10.5. The van der Waals surface area contributed by atoms with Gasteiger partial charge in [-0.05, 0) is 30.8 Å². The lowest BCUT2D eigenvalue weighted by Gasteiger charge is -2.13. The van der Waals surface area contributed by atoms with Crippen molar-refractivity contribution in [3.63, 3.8) is 0 Å². The van der Waals surface area contributed by atoms with Crippen LogP contribution in [0.3, 0.4) is 0 Å². The molecule has 12 heavy (non-hydrogen) atoms. The summed E-state index contributed by atoms with van der Waals surface area (Å²) < 4.78 is 0. The zero-order chi connectivity index (χ0) is 8.72. The third-order valence-electron chi connectivity index (χ3n) is 3.08. The number of nitrogens with zero attached hydrogens (tertiary/aromatic N) is 1. The number of amides is 1. The molecule has 2 aliphatic rings. The summed E-state index contributed by atoms with van der Waals surface area (Å²) in [4.78, 5) is 11.9. The van der Waals surface area contributed by atoms with Gasteiger partial charge in [-0.15, -0.1) is 0 Å². The number of carbonyl (C=O) groups is 1. The van der Waals surface area contributed by atoms with Crippen LogP contribution in [0.1, 0.15) is 0 Å². The van der Waals surface area contributed by atoms with Crippen molar-refractivity contribution in [1.29, 1.82) is 0 Å². The smallest absolute Gasteiger partial charge is 0.407 e. The molecule has 0 aromatic heterocycles. The number of piperidine rings is 1. The van der Waals surface area contributed by atoms with Gasteiger partial charge in [0.1, 0.15) is 0 Å². The quantitative estimate of drug-likeness (QED) is 0.616. The number of hydrogen-bond donors (Lipinski definition) is 2. The van der Waals surface area contributed by atoms with E-state index in [0.717, 1.165) is 24.9 Å². The first-order valence-electron chi connectivity index (χ1n) is 4.35. The largest absolute Gasteiger partial charge is 0.465 e. The Hall–Kier alpha value is -0.770. The van der Waals surface area contributed by atoms with Crippen molar-refractivity contribution < 1.29 is 9.90 Å². The molecule has 1 amide bonds. The highest BCUT2D eigenvalue weighted by atomic mass is 16.4. The molecule has 2 atom stereocenters. The number of nitrogens with one attached hydrogen (secondary N) is 1. The van der Waals surface area contributed by atoms with E-state index in [1.165, 1.54) is 4.90 Å². The molecule has 1 saturated heterocycles. The van der Waals surface area contributed by atoms with Gasteiger partial charge in [-0.3, -0.25) is 0 Å². The average Bonchev–Trinajstić information content (AvgIpc) is 2.46. The molecule has 0 spiro atoms. The second-order valence-electron chi connectivity index (χ2n) is 3.81. The first-order chi connectivity index (χ1) is 5.70. The Bertz CT molecular complexity index is 197. The molecule has 0 aromatic rings. The second-order valence-corrected chi connectivity index (χ2v) is 3.81. The van der Waals surface area contributed by atoms with Gasteiger partial charge in [-0.1, -0.05) is 0 Å². The highest BCUT2D eigenvalue weighted by Crippen LogP contribution is 2.48. The van der Waals surface area contributed by atoms with Crippen LogP contribution in [0.4, 0.5) is 4.79 Å². The van der Waals surface area contributed by atoms with E-state index < -0.39 is 6.09 Å². The molecule has 68 valence electrons. The summed E-state index contributed by atoms with van der Waals surface area (Å²) >= 11 is 0. The molecule has 1 heterocycles. The average molecular weight is 170 g/mol. The molecule has 0 bridgehead atoms. The van der Waals surface area contributed by atoms with E-state index in [4.69, 9.17) is 5.11 Å². The van der Waals surface area contributed by atoms with E-state index in [2.05, 4.69) is 5.32 Å². The Morgan fingerprint density at radius 1 is 1.58 bits per heavy atom. The Kier molecular flexibility index (Phi) is 1.72. The molecule has 0 aromatic carbocycles. The van der Waals surface area contributed by atoms with E-state index in [0.29, 0.717) is 12.5 Å². The summed E-state index contributed by atoms with van der Waals surface area (Å²) in [6.07, 6.45) is -0.812. The lowest BCUT2D eigenvalue weighted by molar-refractivity contribution is 0.152. The zero-order valence-corrected chi connectivity index (χ0v) is 7.16. The van der Waals surface area contributed by atoms with Crippen molar-refractivity contribution in [3.05, 3.63) is 0 Å². The van der Waals surface area contributed by atoms with Crippen LogP contribution in [-0.2, 0) is 0 Å². The molecule has 2 fully saturated rings. The van der Waals surface area contributed by atoms with Crippen LogP contribution >= 0.6 is 0 Å². The summed E-state index contributed by atoms with van der Waals surface area (Å²) in [5, 5.41) is 11.9. The highest BCUT2D eigenvalue weighted by Gasteiger charge is 2.53. The third-order valence-corrected chi connectivity index (χ3v) is 3.08. The Balaban J connectivity index is 1.79. The van der Waals surface area contributed by atoms with Crippen LogP contribution in [-0.4, -0.2) is 42.8 Å². The molecule has 2 unspecified atom stereocenters. The number of carboxylic acid groups (broad SMARTS) is 1. The van der Waals surface area contributed by atoms with Gasteiger partial charge in [-0.25, -0.2) is 4.79 Å². The van der Waals surface area contributed by atoms with Crippen LogP contribution < -0.4 is 5.32 Å². The molecule has 0 radical (unpaired) electrons. The topological polar surface area (TPSA) is 52.6 Å².